The zero-order chi connectivity index (χ0) is 32.2. The molecule has 44 heavy (non-hydrogen) atoms. The number of benzene rings is 1. The second-order valence-electron chi connectivity index (χ2n) is 11.4. The van der Waals surface area contributed by atoms with E-state index in [0.29, 0.717) is 38.4 Å². The van der Waals surface area contributed by atoms with Gasteiger partial charge in [0.25, 0.3) is 0 Å². The molecule has 1 aliphatic heterocycles. The summed E-state index contributed by atoms with van der Waals surface area (Å²) in [6.07, 6.45) is -2.61. The fourth-order valence-corrected chi connectivity index (χ4v) is 6.34. The number of alkyl halides is 3. The van der Waals surface area contributed by atoms with Crippen molar-refractivity contribution >= 4 is 32.2 Å². The van der Waals surface area contributed by atoms with Crippen molar-refractivity contribution < 1.29 is 39.8 Å². The second-order valence-corrected chi connectivity index (χ2v) is 13.8. The number of hydrogen-bond donors (Lipinski definition) is 3. The Hall–Kier alpha value is -3.53. The number of sulfone groups is 1. The van der Waals surface area contributed by atoms with Crippen LogP contribution in [0.2, 0.25) is 0 Å². The summed E-state index contributed by atoms with van der Waals surface area (Å²) < 4.78 is 109. The van der Waals surface area contributed by atoms with E-state index in [0.717, 1.165) is 19.6 Å². The highest BCUT2D eigenvalue weighted by Crippen LogP contribution is 2.46. The molecule has 1 aliphatic carbocycles. The molecule has 0 spiro atoms. The molecule has 3 heterocycles. The van der Waals surface area contributed by atoms with Gasteiger partial charge in [0, 0.05) is 24.4 Å². The third kappa shape index (κ3) is 5.93. The number of pyridine rings is 1. The van der Waals surface area contributed by atoms with Gasteiger partial charge in [-0.1, -0.05) is 6.92 Å². The van der Waals surface area contributed by atoms with Crippen LogP contribution < -0.4 is 25.8 Å². The van der Waals surface area contributed by atoms with Crippen molar-refractivity contribution in [3.05, 3.63) is 28.8 Å². The minimum atomic E-state index is -5.10. The minimum Gasteiger partial charge on any atom is -0.474 e. The van der Waals surface area contributed by atoms with Crippen molar-refractivity contribution in [2.45, 2.75) is 69.5 Å². The van der Waals surface area contributed by atoms with E-state index in [1.807, 2.05) is 6.92 Å². The Kier molecular flexibility index (Phi) is 8.29. The normalized spacial score (nSPS) is 20.4. The van der Waals surface area contributed by atoms with E-state index in [2.05, 4.69) is 25.6 Å². The van der Waals surface area contributed by atoms with Gasteiger partial charge in [0.1, 0.15) is 39.6 Å². The Balaban J connectivity index is 1.77. The predicted molar refractivity (Wildman–Crippen MR) is 154 cm³/mol. The lowest BCUT2D eigenvalue weighted by Crippen LogP contribution is -2.36. The van der Waals surface area contributed by atoms with E-state index in [4.69, 9.17) is 15.2 Å². The van der Waals surface area contributed by atoms with Gasteiger partial charge in [-0.15, -0.1) is 0 Å². The van der Waals surface area contributed by atoms with Crippen molar-refractivity contribution in [3.63, 3.8) is 0 Å². The molecule has 16 heteroatoms. The molecule has 240 valence electrons. The molecular formula is C28H33F5N6O4S. The maximum atomic E-state index is 16.5. The molecule has 4 N–H and O–H groups in total. The first-order valence-electron chi connectivity index (χ1n) is 14.1. The van der Waals surface area contributed by atoms with Crippen LogP contribution in [0.1, 0.15) is 50.7 Å². The highest BCUT2D eigenvalue weighted by Gasteiger charge is 2.53. The molecule has 1 unspecified atom stereocenters. The number of nitrogens with zero attached hydrogens (tertiary/aromatic N) is 3. The van der Waals surface area contributed by atoms with E-state index < -0.39 is 78.1 Å². The number of anilines is 2. The average Bonchev–Trinajstić information content (AvgIpc) is 3.74. The number of ether oxygens (including phenoxy) is 2. The predicted octanol–water partition coefficient (Wildman–Crippen LogP) is 4.79. The zero-order valence-electron chi connectivity index (χ0n) is 24.5. The number of nitrogens with one attached hydrogen (secondary N) is 2. The van der Waals surface area contributed by atoms with Crippen LogP contribution in [-0.2, 0) is 16.0 Å². The molecular weight excluding hydrogens is 611 g/mol. The summed E-state index contributed by atoms with van der Waals surface area (Å²) in [4.78, 5) is 12.8. The summed E-state index contributed by atoms with van der Waals surface area (Å²) in [6, 6.07) is 0.252. The molecule has 1 fully saturated rings. The lowest BCUT2D eigenvalue weighted by molar-refractivity contribution is -0.137. The summed E-state index contributed by atoms with van der Waals surface area (Å²) in [6.45, 7) is 5.15. The average molecular weight is 645 g/mol. The first kappa shape index (κ1) is 31.9. The number of halogens is 5. The van der Waals surface area contributed by atoms with Gasteiger partial charge in [-0.2, -0.15) is 23.1 Å². The van der Waals surface area contributed by atoms with Crippen molar-refractivity contribution in [1.29, 1.82) is 0 Å². The summed E-state index contributed by atoms with van der Waals surface area (Å²) >= 11 is 0. The maximum absolute atomic E-state index is 16.5. The van der Waals surface area contributed by atoms with Crippen molar-refractivity contribution in [3.8, 4) is 23.1 Å². The first-order chi connectivity index (χ1) is 20.6. The molecule has 10 nitrogen and oxygen atoms in total. The molecule has 1 saturated carbocycles. The molecule has 2 atom stereocenters. The molecule has 5 rings (SSSR count). The Morgan fingerprint density at radius 1 is 1.18 bits per heavy atom. The minimum absolute atomic E-state index is 0.0300. The second kappa shape index (κ2) is 11.4. The smallest absolute Gasteiger partial charge is 0.417 e. The Labute approximate surface area is 250 Å². The standard InChI is InChI=1S/C28H33F5N6O4S/c1-5-15-11-36-24-18-23(38-26(39-24)42-12-27(7-8-27)44(4,40)41)21(30)22(37-25(18)43-13(2)6-9-35-15)16-10-17(34)20(29)14(3)19(16)28(31,32)33/h10,13,15,35H,5-9,11-12,34H2,1-4H3,(H,36,38,39)/t13-,15?/m0/s1. The van der Waals surface area contributed by atoms with Crippen molar-refractivity contribution in [2.75, 3.05) is 37.0 Å². The van der Waals surface area contributed by atoms with E-state index in [-0.39, 0.29) is 29.7 Å². The molecule has 2 aromatic heterocycles. The van der Waals surface area contributed by atoms with E-state index in [1.165, 1.54) is 0 Å². The van der Waals surface area contributed by atoms with Gasteiger partial charge in [-0.05, 0) is 57.7 Å². The van der Waals surface area contributed by atoms with Crippen LogP contribution in [0.15, 0.2) is 6.07 Å². The van der Waals surface area contributed by atoms with Gasteiger partial charge in [-0.3, -0.25) is 0 Å². The highest BCUT2D eigenvalue weighted by atomic mass is 32.2. The third-order valence-electron chi connectivity index (χ3n) is 8.16. The van der Waals surface area contributed by atoms with Gasteiger partial charge >= 0.3 is 12.2 Å². The first-order valence-corrected chi connectivity index (χ1v) is 16.0. The quantitative estimate of drug-likeness (QED) is 0.254. The topological polar surface area (TPSA) is 141 Å². The fourth-order valence-electron chi connectivity index (χ4n) is 5.23. The number of rotatable bonds is 6. The van der Waals surface area contributed by atoms with E-state index in [1.54, 1.807) is 6.92 Å². The van der Waals surface area contributed by atoms with Crippen LogP contribution in [0.5, 0.6) is 11.9 Å². The van der Waals surface area contributed by atoms with Crippen LogP contribution in [0, 0.1) is 18.6 Å². The number of nitrogens with two attached hydrogens (primary N) is 1. The van der Waals surface area contributed by atoms with Gasteiger partial charge in [0.2, 0.25) is 5.88 Å². The van der Waals surface area contributed by atoms with Crippen LogP contribution in [0.3, 0.4) is 0 Å². The molecule has 0 bridgehead atoms. The molecule has 0 amide bonds. The van der Waals surface area contributed by atoms with Crippen molar-refractivity contribution in [2.24, 2.45) is 0 Å². The summed E-state index contributed by atoms with van der Waals surface area (Å²) in [7, 11) is -3.49. The molecule has 0 saturated heterocycles. The van der Waals surface area contributed by atoms with Crippen LogP contribution in [0.4, 0.5) is 33.5 Å². The largest absolute Gasteiger partial charge is 0.474 e. The van der Waals surface area contributed by atoms with E-state index in [9.17, 15) is 26.0 Å². The SMILES string of the molecule is CCC1CNc2nc(OCC3(S(C)(=O)=O)CC3)nc3c(F)c(-c4cc(N)c(F)c(C)c4C(F)(F)F)nc(c23)O[C@@H](C)CCN1. The lowest BCUT2D eigenvalue weighted by Gasteiger charge is -2.21. The van der Waals surface area contributed by atoms with Gasteiger partial charge in [0.05, 0.1) is 17.4 Å². The molecule has 0 radical (unpaired) electrons. The highest BCUT2D eigenvalue weighted by molar-refractivity contribution is 7.92. The lowest BCUT2D eigenvalue weighted by atomic mass is 9.96. The van der Waals surface area contributed by atoms with Crippen molar-refractivity contribution in [1.82, 2.24) is 20.3 Å². The maximum Gasteiger partial charge on any atom is 0.417 e. The van der Waals surface area contributed by atoms with Gasteiger partial charge < -0.3 is 25.8 Å². The Bertz CT molecular complexity index is 1720. The number of aromatic nitrogens is 3. The summed E-state index contributed by atoms with van der Waals surface area (Å²) in [5.74, 6) is -2.79. The Morgan fingerprint density at radius 3 is 2.50 bits per heavy atom. The van der Waals surface area contributed by atoms with Crippen LogP contribution in [0.25, 0.3) is 22.2 Å². The van der Waals surface area contributed by atoms with Gasteiger partial charge in [0.15, 0.2) is 15.7 Å². The Morgan fingerprint density at radius 2 is 1.89 bits per heavy atom. The number of hydrogen-bond acceptors (Lipinski definition) is 10. The summed E-state index contributed by atoms with van der Waals surface area (Å²) in [5, 5.41) is 6.45. The molecule has 3 aromatic rings. The van der Waals surface area contributed by atoms with E-state index >= 15 is 4.39 Å². The third-order valence-corrected chi connectivity index (χ3v) is 10.3. The molecule has 2 aliphatic rings. The monoisotopic (exact) mass is 644 g/mol. The van der Waals surface area contributed by atoms with Gasteiger partial charge in [-0.25, -0.2) is 22.2 Å². The molecule has 1 aromatic carbocycles. The fraction of sp³-hybridized carbons (Fsp3) is 0.536. The number of nitrogen functional groups attached to an aromatic ring is 1. The summed E-state index contributed by atoms with van der Waals surface area (Å²) in [5.41, 5.74) is 0.702. The van der Waals surface area contributed by atoms with Crippen LogP contribution >= 0.6 is 0 Å². The zero-order valence-corrected chi connectivity index (χ0v) is 25.3. The van der Waals surface area contributed by atoms with Crippen LogP contribution in [-0.4, -0.2) is 66.2 Å².